The van der Waals surface area contributed by atoms with E-state index in [0.717, 1.165) is 41.7 Å². The van der Waals surface area contributed by atoms with Crippen molar-refractivity contribution in [3.05, 3.63) is 101 Å². The number of carbonyl (C=O) groups is 2. The van der Waals surface area contributed by atoms with Gasteiger partial charge in [-0.25, -0.2) is 4.39 Å². The smallest absolute Gasteiger partial charge is 0.243 e. The highest BCUT2D eigenvalue weighted by Gasteiger charge is 2.31. The molecule has 0 unspecified atom stereocenters. The summed E-state index contributed by atoms with van der Waals surface area (Å²) >= 11 is 7.57. The van der Waals surface area contributed by atoms with Gasteiger partial charge in [-0.2, -0.15) is 0 Å². The third-order valence-corrected chi connectivity index (χ3v) is 8.15. The second kappa shape index (κ2) is 14.4. The normalized spacial score (nSPS) is 14.6. The Balaban J connectivity index is 1.55. The number of hydrogen-bond donors (Lipinski definition) is 1. The Hall–Kier alpha value is -2.83. The molecule has 3 aromatic carbocycles. The lowest BCUT2D eigenvalue weighted by molar-refractivity contribution is -0.141. The highest BCUT2D eigenvalue weighted by atomic mass is 35.5. The van der Waals surface area contributed by atoms with Gasteiger partial charge in [-0.05, 0) is 60.4 Å². The van der Waals surface area contributed by atoms with Crippen LogP contribution in [0.25, 0.3) is 0 Å². The first-order chi connectivity index (χ1) is 18.5. The fraction of sp³-hybridized carbons (Fsp3) is 0.355. The number of nitrogens with one attached hydrogen (secondary N) is 1. The van der Waals surface area contributed by atoms with Crippen LogP contribution in [0.2, 0.25) is 5.02 Å². The number of benzene rings is 3. The maximum Gasteiger partial charge on any atom is 0.243 e. The molecule has 38 heavy (non-hydrogen) atoms. The van der Waals surface area contributed by atoms with Gasteiger partial charge < -0.3 is 10.2 Å². The molecule has 1 saturated carbocycles. The van der Waals surface area contributed by atoms with Gasteiger partial charge in [0.1, 0.15) is 11.9 Å². The van der Waals surface area contributed by atoms with Crippen LogP contribution in [0.5, 0.6) is 0 Å². The summed E-state index contributed by atoms with van der Waals surface area (Å²) in [5, 5.41) is 3.92. The fourth-order valence-corrected chi connectivity index (χ4v) is 5.78. The molecule has 1 N–H and O–H groups in total. The summed E-state index contributed by atoms with van der Waals surface area (Å²) in [4.78, 5) is 30.2. The van der Waals surface area contributed by atoms with Crippen molar-refractivity contribution in [3.8, 4) is 0 Å². The highest BCUT2D eigenvalue weighted by Crippen LogP contribution is 2.23. The Kier molecular flexibility index (Phi) is 10.6. The Bertz CT molecular complexity index is 1170. The second-order valence-corrected chi connectivity index (χ2v) is 11.4. The van der Waals surface area contributed by atoms with Gasteiger partial charge in [-0.1, -0.05) is 73.3 Å². The van der Waals surface area contributed by atoms with E-state index in [-0.39, 0.29) is 36.6 Å². The first-order valence-corrected chi connectivity index (χ1v) is 14.6. The van der Waals surface area contributed by atoms with Crippen LogP contribution in [0.15, 0.2) is 83.8 Å². The molecule has 7 heteroatoms. The average Bonchev–Trinajstić information content (AvgIpc) is 2.94. The molecule has 200 valence electrons. The van der Waals surface area contributed by atoms with Crippen LogP contribution in [0.1, 0.15) is 49.7 Å². The lowest BCUT2D eigenvalue weighted by Crippen LogP contribution is -2.52. The molecule has 1 aliphatic rings. The van der Waals surface area contributed by atoms with E-state index in [1.54, 1.807) is 28.8 Å². The van der Waals surface area contributed by atoms with Crippen LogP contribution in [0, 0.1) is 5.82 Å². The van der Waals surface area contributed by atoms with Gasteiger partial charge in [0.05, 0.1) is 0 Å². The van der Waals surface area contributed by atoms with E-state index < -0.39 is 6.04 Å². The van der Waals surface area contributed by atoms with Gasteiger partial charge in [-0.3, -0.25) is 9.59 Å². The van der Waals surface area contributed by atoms with Crippen LogP contribution < -0.4 is 5.32 Å². The summed E-state index contributed by atoms with van der Waals surface area (Å²) in [5.74, 6) is 0.0156. The van der Waals surface area contributed by atoms with Crippen LogP contribution in [0.4, 0.5) is 4.39 Å². The quantitative estimate of drug-likeness (QED) is 0.259. The van der Waals surface area contributed by atoms with Crippen molar-refractivity contribution in [1.29, 1.82) is 0 Å². The van der Waals surface area contributed by atoms with E-state index in [1.165, 1.54) is 18.6 Å². The number of carbonyl (C=O) groups excluding carboxylic acids is 2. The molecular weight excluding hydrogens is 519 g/mol. The highest BCUT2D eigenvalue weighted by molar-refractivity contribution is 7.99. The number of amides is 2. The van der Waals surface area contributed by atoms with E-state index in [9.17, 15) is 14.0 Å². The molecule has 0 aliphatic heterocycles. The molecule has 4 rings (SSSR count). The third kappa shape index (κ3) is 8.60. The average molecular weight is 553 g/mol. The minimum Gasteiger partial charge on any atom is -0.352 e. The Morgan fingerprint density at radius 1 is 0.921 bits per heavy atom. The molecule has 0 heterocycles. The second-order valence-electron chi connectivity index (χ2n) is 9.75. The lowest BCUT2D eigenvalue weighted by atomic mass is 9.94. The molecule has 3 aromatic rings. The molecule has 1 atom stereocenters. The van der Waals surface area contributed by atoms with Crippen molar-refractivity contribution < 1.29 is 14.0 Å². The summed E-state index contributed by atoms with van der Waals surface area (Å²) in [7, 11) is 0. The number of hydrogen-bond acceptors (Lipinski definition) is 3. The topological polar surface area (TPSA) is 49.4 Å². The summed E-state index contributed by atoms with van der Waals surface area (Å²) in [6.07, 6.45) is 6.02. The van der Waals surface area contributed by atoms with Crippen molar-refractivity contribution in [2.45, 2.75) is 68.5 Å². The summed E-state index contributed by atoms with van der Waals surface area (Å²) in [6, 6.07) is 22.9. The Labute approximate surface area is 234 Å². The van der Waals surface area contributed by atoms with E-state index in [0.29, 0.717) is 17.2 Å². The van der Waals surface area contributed by atoms with E-state index in [4.69, 9.17) is 11.6 Å². The first kappa shape index (κ1) is 28.2. The van der Waals surface area contributed by atoms with E-state index in [2.05, 4.69) is 5.32 Å². The molecule has 2 amide bonds. The Morgan fingerprint density at radius 2 is 1.61 bits per heavy atom. The zero-order valence-electron chi connectivity index (χ0n) is 21.5. The van der Waals surface area contributed by atoms with Crippen LogP contribution in [-0.2, 0) is 22.6 Å². The van der Waals surface area contributed by atoms with Crippen LogP contribution in [0.3, 0.4) is 0 Å². The van der Waals surface area contributed by atoms with E-state index >= 15 is 0 Å². The lowest BCUT2D eigenvalue weighted by Gasteiger charge is -2.33. The number of nitrogens with zero attached hydrogens (tertiary/aromatic N) is 1. The van der Waals surface area contributed by atoms with Crippen molar-refractivity contribution in [2.24, 2.45) is 0 Å². The third-order valence-electron chi connectivity index (χ3n) is 6.89. The molecule has 0 aromatic heterocycles. The number of rotatable bonds is 11. The summed E-state index contributed by atoms with van der Waals surface area (Å²) in [5.41, 5.74) is 1.78. The summed E-state index contributed by atoms with van der Waals surface area (Å²) in [6.45, 7) is 0.236. The molecule has 4 nitrogen and oxygen atoms in total. The molecule has 0 spiro atoms. The van der Waals surface area contributed by atoms with Gasteiger partial charge in [0.25, 0.3) is 0 Å². The molecule has 1 fully saturated rings. The molecular formula is C31H34ClFN2O2S. The largest absolute Gasteiger partial charge is 0.352 e. The first-order valence-electron chi connectivity index (χ1n) is 13.2. The number of thioether (sulfide) groups is 1. The maximum atomic E-state index is 13.8. The molecule has 0 saturated heterocycles. The van der Waals surface area contributed by atoms with Gasteiger partial charge in [-0.15, -0.1) is 11.8 Å². The molecule has 0 radical (unpaired) electrons. The zero-order chi connectivity index (χ0) is 26.7. The molecule has 0 bridgehead atoms. The fourth-order valence-electron chi connectivity index (χ4n) is 4.82. The SMILES string of the molecule is O=C(NC1CCCCC1)[C@@H](Cc1ccccc1)N(Cc1ccc(F)cc1)C(=O)CCSc1ccc(Cl)cc1. The van der Waals surface area contributed by atoms with Gasteiger partial charge in [0, 0.05) is 41.1 Å². The maximum absolute atomic E-state index is 13.8. The van der Waals surface area contributed by atoms with Crippen molar-refractivity contribution in [2.75, 3.05) is 5.75 Å². The predicted octanol–water partition coefficient (Wildman–Crippen LogP) is 7.05. The van der Waals surface area contributed by atoms with Gasteiger partial charge in [0.2, 0.25) is 11.8 Å². The van der Waals surface area contributed by atoms with Crippen molar-refractivity contribution in [3.63, 3.8) is 0 Å². The van der Waals surface area contributed by atoms with Crippen molar-refractivity contribution in [1.82, 2.24) is 10.2 Å². The van der Waals surface area contributed by atoms with Crippen molar-refractivity contribution >= 4 is 35.2 Å². The van der Waals surface area contributed by atoms with Gasteiger partial charge in [0.15, 0.2) is 0 Å². The number of halogens is 2. The Morgan fingerprint density at radius 3 is 2.29 bits per heavy atom. The minimum absolute atomic E-state index is 0.101. The summed E-state index contributed by atoms with van der Waals surface area (Å²) < 4.78 is 13.6. The van der Waals surface area contributed by atoms with E-state index in [1.807, 2.05) is 54.6 Å². The predicted molar refractivity (Wildman–Crippen MR) is 153 cm³/mol. The standard InChI is InChI=1S/C31H34ClFN2O2S/c32-25-13-17-28(18-14-25)38-20-19-30(36)35(22-24-11-15-26(33)16-12-24)29(21-23-7-3-1-4-8-23)31(37)34-27-9-5-2-6-10-27/h1,3-4,7-8,11-18,27,29H,2,5-6,9-10,19-22H2,(H,34,37)/t29-/m1/s1. The van der Waals surface area contributed by atoms with Crippen LogP contribution in [-0.4, -0.2) is 34.6 Å². The minimum atomic E-state index is -0.669. The van der Waals surface area contributed by atoms with Gasteiger partial charge >= 0.3 is 0 Å². The molecule has 1 aliphatic carbocycles. The monoisotopic (exact) mass is 552 g/mol. The zero-order valence-corrected chi connectivity index (χ0v) is 23.0. The van der Waals surface area contributed by atoms with Crippen LogP contribution >= 0.6 is 23.4 Å².